The number of nitrogens with zero attached hydrogens (tertiary/aromatic N) is 1. The van der Waals surface area contributed by atoms with Crippen molar-refractivity contribution in [1.82, 2.24) is 10.2 Å². The molecule has 3 N–H and O–H groups in total. The maximum atomic E-state index is 13.2. The highest BCUT2D eigenvalue weighted by Crippen LogP contribution is 2.38. The van der Waals surface area contributed by atoms with E-state index in [4.69, 9.17) is 0 Å². The summed E-state index contributed by atoms with van der Waals surface area (Å²) in [5.74, 6) is -0.0230. The number of para-hydroxylation sites is 2. The number of rotatable bonds is 3. The molecule has 4 aliphatic heterocycles. The maximum absolute atomic E-state index is 13.2. The molecule has 0 radical (unpaired) electrons. The average molecular weight is 721 g/mol. The largest absolute Gasteiger partial charge is 0.379 e. The number of likely N-dealkylation sites (tertiary alicyclic amines) is 1. The molecule has 4 aromatic carbocycles. The van der Waals surface area contributed by atoms with Gasteiger partial charge < -0.3 is 16.0 Å². The van der Waals surface area contributed by atoms with Crippen molar-refractivity contribution in [3.8, 4) is 0 Å². The van der Waals surface area contributed by atoms with Crippen LogP contribution in [0, 0.1) is 11.6 Å². The zero-order chi connectivity index (χ0) is 37.4. The van der Waals surface area contributed by atoms with Gasteiger partial charge in [-0.15, -0.1) is 0 Å². The third-order valence-corrected chi connectivity index (χ3v) is 11.4. The minimum absolute atomic E-state index is 0.00127. The van der Waals surface area contributed by atoms with E-state index < -0.39 is 0 Å². The Balaban J connectivity index is 0.000000152. The quantitative estimate of drug-likeness (QED) is 0.182. The highest BCUT2D eigenvalue weighted by Gasteiger charge is 2.39. The van der Waals surface area contributed by atoms with Crippen LogP contribution >= 0.6 is 0 Å². The van der Waals surface area contributed by atoms with Crippen molar-refractivity contribution in [3.05, 3.63) is 131 Å². The molecule has 2 fully saturated rings. The second-order valence-corrected chi connectivity index (χ2v) is 14.8. The van der Waals surface area contributed by atoms with E-state index in [1.165, 1.54) is 43.3 Å². The number of benzene rings is 4. The van der Waals surface area contributed by atoms with E-state index in [1.54, 1.807) is 0 Å². The predicted octanol–water partition coefficient (Wildman–Crippen LogP) is 9.04. The van der Waals surface area contributed by atoms with Gasteiger partial charge in [-0.05, 0) is 132 Å². The van der Waals surface area contributed by atoms with Crippen LogP contribution < -0.4 is 16.0 Å². The van der Waals surface area contributed by atoms with Gasteiger partial charge in [0.15, 0.2) is 17.3 Å². The first-order valence-electron chi connectivity index (χ1n) is 18.8. The van der Waals surface area contributed by atoms with E-state index in [0.29, 0.717) is 18.4 Å². The molecule has 7 nitrogen and oxygen atoms in total. The number of carbonyl (C=O) groups excluding carboxylic acids is 3. The Hall–Kier alpha value is -4.73. The van der Waals surface area contributed by atoms with E-state index in [0.717, 1.165) is 92.8 Å². The van der Waals surface area contributed by atoms with Gasteiger partial charge in [0.05, 0.1) is 0 Å². The molecule has 0 saturated carbocycles. The summed E-state index contributed by atoms with van der Waals surface area (Å²) in [6.45, 7) is 7.67. The summed E-state index contributed by atoms with van der Waals surface area (Å²) >= 11 is 0. The van der Waals surface area contributed by atoms with E-state index in [9.17, 15) is 23.2 Å². The zero-order valence-electron chi connectivity index (χ0n) is 30.7. The highest BCUT2D eigenvalue weighted by atomic mass is 19.1. The lowest BCUT2D eigenvalue weighted by atomic mass is 9.82. The van der Waals surface area contributed by atoms with Gasteiger partial charge in [-0.1, -0.05) is 36.4 Å². The van der Waals surface area contributed by atoms with Crippen molar-refractivity contribution in [2.24, 2.45) is 0 Å². The molecule has 278 valence electrons. The Bertz CT molecular complexity index is 1880. The number of ketones is 3. The molecule has 4 aromatic rings. The van der Waals surface area contributed by atoms with Crippen LogP contribution in [0.15, 0.2) is 97.1 Å². The molecule has 0 amide bonds. The molecule has 2 spiro atoms. The molecule has 1 unspecified atom stereocenters. The van der Waals surface area contributed by atoms with Crippen LogP contribution in [0.1, 0.15) is 108 Å². The normalized spacial score (nSPS) is 19.3. The Labute approximate surface area is 311 Å². The van der Waals surface area contributed by atoms with Crippen molar-refractivity contribution >= 4 is 28.7 Å². The van der Waals surface area contributed by atoms with E-state index in [2.05, 4.69) is 27.8 Å². The van der Waals surface area contributed by atoms with Crippen molar-refractivity contribution in [3.63, 3.8) is 0 Å². The Morgan fingerprint density at radius 2 is 1.09 bits per heavy atom. The third-order valence-electron chi connectivity index (χ3n) is 11.4. The molecule has 53 heavy (non-hydrogen) atoms. The van der Waals surface area contributed by atoms with Crippen molar-refractivity contribution in [2.75, 3.05) is 36.8 Å². The fourth-order valence-corrected chi connectivity index (χ4v) is 7.97. The van der Waals surface area contributed by atoms with Gasteiger partial charge in [0.2, 0.25) is 0 Å². The fraction of sp³-hybridized carbons (Fsp3) is 0.386. The number of hydrogen-bond acceptors (Lipinski definition) is 7. The number of fused-ring (bicyclic) bond motifs is 2. The summed E-state index contributed by atoms with van der Waals surface area (Å²) in [5.41, 5.74) is 5.52. The Kier molecular flexibility index (Phi) is 12.2. The van der Waals surface area contributed by atoms with Crippen LogP contribution in [-0.2, 0) is 0 Å². The number of halogens is 2. The summed E-state index contributed by atoms with van der Waals surface area (Å²) in [7, 11) is 0. The van der Waals surface area contributed by atoms with Crippen LogP contribution in [0.3, 0.4) is 0 Å². The van der Waals surface area contributed by atoms with Gasteiger partial charge in [-0.2, -0.15) is 0 Å². The lowest BCUT2D eigenvalue weighted by Crippen LogP contribution is -2.49. The number of hydrogen-bond donors (Lipinski definition) is 3. The summed E-state index contributed by atoms with van der Waals surface area (Å²) in [6.07, 6.45) is 7.37. The third kappa shape index (κ3) is 9.45. The van der Waals surface area contributed by atoms with Crippen LogP contribution in [-0.4, -0.2) is 59.5 Å². The van der Waals surface area contributed by atoms with Crippen LogP contribution in [0.2, 0.25) is 0 Å². The van der Waals surface area contributed by atoms with Gasteiger partial charge in [-0.25, -0.2) is 8.78 Å². The zero-order valence-corrected chi connectivity index (χ0v) is 30.7. The van der Waals surface area contributed by atoms with E-state index in [-0.39, 0.29) is 46.1 Å². The fourth-order valence-electron chi connectivity index (χ4n) is 7.97. The van der Waals surface area contributed by atoms with Gasteiger partial charge >= 0.3 is 0 Å². The molecule has 8 rings (SSSR count). The summed E-state index contributed by atoms with van der Waals surface area (Å²) in [5, 5.41) is 10.7. The monoisotopic (exact) mass is 720 g/mol. The first-order chi connectivity index (χ1) is 25.6. The summed E-state index contributed by atoms with van der Waals surface area (Å²) in [4.78, 5) is 37.6. The number of piperidine rings is 2. The second-order valence-electron chi connectivity index (χ2n) is 14.8. The Morgan fingerprint density at radius 3 is 1.58 bits per heavy atom. The molecule has 9 heteroatoms. The first kappa shape index (κ1) is 38.0. The molecular formula is C44H50F2N4O3. The van der Waals surface area contributed by atoms with Crippen LogP contribution in [0.4, 0.5) is 20.2 Å². The molecule has 0 aliphatic carbocycles. The SMILES string of the molecule is CC(=O)c1ccc(F)cc1.CC(c1ccc(F)cc1)N1CCC2(CCC(=O)c3ccccc3N2)CC1.O=C1CCC2(CCNCC2)Nc2ccccc21. The number of nitrogens with one attached hydrogen (secondary N) is 3. The lowest BCUT2D eigenvalue weighted by molar-refractivity contribution is 0.0950. The second kappa shape index (κ2) is 16.9. The maximum Gasteiger partial charge on any atom is 0.165 e. The minimum atomic E-state index is -0.315. The van der Waals surface area contributed by atoms with Crippen molar-refractivity contribution in [1.29, 1.82) is 0 Å². The van der Waals surface area contributed by atoms with Crippen molar-refractivity contribution in [2.45, 2.75) is 82.3 Å². The molecule has 2 saturated heterocycles. The first-order valence-corrected chi connectivity index (χ1v) is 18.8. The minimum Gasteiger partial charge on any atom is -0.379 e. The average Bonchev–Trinajstić information content (AvgIpc) is 3.40. The smallest absolute Gasteiger partial charge is 0.165 e. The molecule has 4 heterocycles. The lowest BCUT2D eigenvalue weighted by Gasteiger charge is -2.44. The van der Waals surface area contributed by atoms with Gasteiger partial charge in [0, 0.05) is 71.1 Å². The van der Waals surface area contributed by atoms with E-state index >= 15 is 0 Å². The number of Topliss-reactive ketones (excluding diaryl/α,β-unsaturated/α-hetero) is 3. The van der Waals surface area contributed by atoms with Gasteiger partial charge in [0.25, 0.3) is 0 Å². The summed E-state index contributed by atoms with van der Waals surface area (Å²) < 4.78 is 25.4. The van der Waals surface area contributed by atoms with Crippen LogP contribution in [0.5, 0.6) is 0 Å². The Morgan fingerprint density at radius 1 is 0.642 bits per heavy atom. The van der Waals surface area contributed by atoms with Crippen LogP contribution in [0.25, 0.3) is 0 Å². The summed E-state index contributed by atoms with van der Waals surface area (Å²) in [6, 6.07) is 28.4. The molecule has 0 aromatic heterocycles. The van der Waals surface area contributed by atoms with Gasteiger partial charge in [0.1, 0.15) is 11.6 Å². The molecule has 4 aliphatic rings. The number of carbonyl (C=O) groups is 3. The topological polar surface area (TPSA) is 90.5 Å². The standard InChI is InChI=1S/C22H25FN2O.C14H18N2O.C8H7FO/c1-16(17-6-8-18(23)9-7-17)25-14-12-22(13-15-25)11-10-21(26)19-4-2-3-5-20(19)24-22;17-13-5-6-14(7-9-15-10-8-14)16-12-4-2-1-3-11(12)13;1-6(10)7-2-4-8(9)5-3-7/h2-9,16,24H,10-15H2,1H3;1-4,15-16H,5-10H2;2-5H,1H3. The van der Waals surface area contributed by atoms with Crippen molar-refractivity contribution < 1.29 is 23.2 Å². The molecular weight excluding hydrogens is 671 g/mol. The highest BCUT2D eigenvalue weighted by molar-refractivity contribution is 6.02. The number of anilines is 2. The van der Waals surface area contributed by atoms with E-state index in [1.807, 2.05) is 60.7 Å². The molecule has 0 bridgehead atoms. The van der Waals surface area contributed by atoms with Gasteiger partial charge in [-0.3, -0.25) is 19.3 Å². The predicted molar refractivity (Wildman–Crippen MR) is 207 cm³/mol. The molecule has 1 atom stereocenters.